The first kappa shape index (κ1) is 14.0. The Bertz CT molecular complexity index is 406. The second-order valence-electron chi connectivity index (χ2n) is 3.79. The molecule has 0 spiro atoms. The van der Waals surface area contributed by atoms with E-state index in [4.69, 9.17) is 16.6 Å². The fourth-order valence-electron chi connectivity index (χ4n) is 0.952. The number of hydrazine groups is 1. The monoisotopic (exact) mass is 319 g/mol. The Morgan fingerprint density at radius 1 is 1.47 bits per heavy atom. The summed E-state index contributed by atoms with van der Waals surface area (Å²) < 4.78 is 5.58. The van der Waals surface area contributed by atoms with E-state index in [0.717, 1.165) is 6.54 Å². The molecule has 94 valence electrons. The number of amides is 1. The number of hydrogen-bond acceptors (Lipinski definition) is 3. The standard InChI is InChI=1S/C10H14BrN3O2S/c1-6(2)5-12-10(17)14-13-9(15)7-3-4-8(11)16-7/h3-4,6H,5H2,1-2H3,(H,13,15)(H2,12,14,17). The van der Waals surface area contributed by atoms with Crippen LogP contribution in [0.25, 0.3) is 0 Å². The van der Waals surface area contributed by atoms with Crippen molar-refractivity contribution in [3.05, 3.63) is 22.6 Å². The van der Waals surface area contributed by atoms with Crippen LogP contribution in [0.4, 0.5) is 0 Å². The van der Waals surface area contributed by atoms with E-state index in [-0.39, 0.29) is 11.7 Å². The van der Waals surface area contributed by atoms with Crippen molar-refractivity contribution >= 4 is 39.2 Å². The molecule has 0 bridgehead atoms. The van der Waals surface area contributed by atoms with Gasteiger partial charge in [-0.2, -0.15) is 0 Å². The summed E-state index contributed by atoms with van der Waals surface area (Å²) in [5, 5.41) is 3.33. The number of thiocarbonyl (C=S) groups is 1. The summed E-state index contributed by atoms with van der Waals surface area (Å²) in [4.78, 5) is 11.5. The van der Waals surface area contributed by atoms with Crippen LogP contribution in [0.2, 0.25) is 0 Å². The number of hydrogen-bond donors (Lipinski definition) is 3. The molecule has 0 aromatic carbocycles. The average molecular weight is 320 g/mol. The van der Waals surface area contributed by atoms with Crippen molar-refractivity contribution in [1.82, 2.24) is 16.2 Å². The maximum absolute atomic E-state index is 11.5. The van der Waals surface area contributed by atoms with Crippen molar-refractivity contribution in [3.8, 4) is 0 Å². The van der Waals surface area contributed by atoms with Gasteiger partial charge in [-0.1, -0.05) is 13.8 Å². The Hall–Kier alpha value is -1.08. The van der Waals surface area contributed by atoms with E-state index in [9.17, 15) is 4.79 Å². The summed E-state index contributed by atoms with van der Waals surface area (Å²) in [6.07, 6.45) is 0. The minimum absolute atomic E-state index is 0.205. The highest BCUT2D eigenvalue weighted by Gasteiger charge is 2.10. The highest BCUT2D eigenvalue weighted by atomic mass is 79.9. The van der Waals surface area contributed by atoms with Crippen molar-refractivity contribution in [2.45, 2.75) is 13.8 Å². The molecule has 1 aromatic rings. The fourth-order valence-corrected chi connectivity index (χ4v) is 1.39. The lowest BCUT2D eigenvalue weighted by molar-refractivity contribution is 0.0914. The first-order valence-corrected chi connectivity index (χ1v) is 6.28. The van der Waals surface area contributed by atoms with Gasteiger partial charge in [0.1, 0.15) is 0 Å². The number of halogens is 1. The molecular formula is C10H14BrN3O2S. The minimum Gasteiger partial charge on any atom is -0.444 e. The Labute approximate surface area is 113 Å². The average Bonchev–Trinajstić information content (AvgIpc) is 2.70. The molecule has 0 atom stereocenters. The fraction of sp³-hybridized carbons (Fsp3) is 0.400. The quantitative estimate of drug-likeness (QED) is 0.585. The van der Waals surface area contributed by atoms with Crippen LogP contribution in [0.1, 0.15) is 24.4 Å². The molecule has 7 heteroatoms. The SMILES string of the molecule is CC(C)CNC(=S)NNC(=O)c1ccc(Br)o1. The molecule has 1 amide bonds. The summed E-state index contributed by atoms with van der Waals surface area (Å²) in [7, 11) is 0. The zero-order valence-electron chi connectivity index (χ0n) is 9.54. The van der Waals surface area contributed by atoms with Gasteiger partial charge in [0, 0.05) is 6.54 Å². The van der Waals surface area contributed by atoms with Gasteiger partial charge in [0.15, 0.2) is 15.5 Å². The summed E-state index contributed by atoms with van der Waals surface area (Å²) in [6, 6.07) is 3.20. The first-order valence-electron chi connectivity index (χ1n) is 5.08. The molecule has 0 unspecified atom stereocenters. The highest BCUT2D eigenvalue weighted by molar-refractivity contribution is 9.10. The Balaban J connectivity index is 2.31. The molecule has 1 heterocycles. The Morgan fingerprint density at radius 3 is 2.71 bits per heavy atom. The van der Waals surface area contributed by atoms with E-state index in [1.165, 1.54) is 0 Å². The largest absolute Gasteiger partial charge is 0.444 e. The number of rotatable bonds is 3. The zero-order chi connectivity index (χ0) is 12.8. The number of nitrogens with one attached hydrogen (secondary N) is 3. The first-order chi connectivity index (χ1) is 7.99. The van der Waals surface area contributed by atoms with Crippen molar-refractivity contribution < 1.29 is 9.21 Å². The molecule has 3 N–H and O–H groups in total. The van der Waals surface area contributed by atoms with Crippen molar-refractivity contribution in [3.63, 3.8) is 0 Å². The van der Waals surface area contributed by atoms with Crippen LogP contribution < -0.4 is 16.2 Å². The van der Waals surface area contributed by atoms with Gasteiger partial charge in [-0.3, -0.25) is 15.6 Å². The van der Waals surface area contributed by atoms with Gasteiger partial charge >= 0.3 is 5.91 Å². The van der Waals surface area contributed by atoms with Gasteiger partial charge in [0.2, 0.25) is 0 Å². The number of carbonyl (C=O) groups is 1. The maximum atomic E-state index is 11.5. The molecule has 0 aliphatic heterocycles. The second kappa shape index (κ2) is 6.61. The van der Waals surface area contributed by atoms with Gasteiger partial charge in [0.25, 0.3) is 0 Å². The second-order valence-corrected chi connectivity index (χ2v) is 4.98. The van der Waals surface area contributed by atoms with E-state index < -0.39 is 0 Å². The lowest BCUT2D eigenvalue weighted by Gasteiger charge is -2.12. The molecular weight excluding hydrogens is 306 g/mol. The normalized spacial score (nSPS) is 10.1. The van der Waals surface area contributed by atoms with Crippen LogP contribution in [-0.4, -0.2) is 17.6 Å². The lowest BCUT2D eigenvalue weighted by atomic mass is 10.2. The van der Waals surface area contributed by atoms with Crippen molar-refractivity contribution in [2.75, 3.05) is 6.54 Å². The van der Waals surface area contributed by atoms with Crippen LogP contribution in [0.5, 0.6) is 0 Å². The van der Waals surface area contributed by atoms with Gasteiger partial charge in [-0.25, -0.2) is 0 Å². The molecule has 0 aliphatic rings. The molecule has 1 aromatic heterocycles. The molecule has 0 fully saturated rings. The molecule has 0 radical (unpaired) electrons. The molecule has 17 heavy (non-hydrogen) atoms. The smallest absolute Gasteiger partial charge is 0.305 e. The predicted molar refractivity (Wildman–Crippen MR) is 72.4 cm³/mol. The van der Waals surface area contributed by atoms with E-state index in [1.807, 2.05) is 0 Å². The van der Waals surface area contributed by atoms with Gasteiger partial charge < -0.3 is 9.73 Å². The van der Waals surface area contributed by atoms with Gasteiger partial charge in [0.05, 0.1) is 0 Å². The predicted octanol–water partition coefficient (Wildman–Crippen LogP) is 1.81. The lowest BCUT2D eigenvalue weighted by Crippen LogP contribution is -2.47. The van der Waals surface area contributed by atoms with Crippen LogP contribution >= 0.6 is 28.1 Å². The van der Waals surface area contributed by atoms with Crippen LogP contribution in [0.15, 0.2) is 21.2 Å². The number of furan rings is 1. The third kappa shape index (κ3) is 5.18. The van der Waals surface area contributed by atoms with Crippen molar-refractivity contribution in [1.29, 1.82) is 0 Å². The molecule has 0 saturated heterocycles. The van der Waals surface area contributed by atoms with Crippen LogP contribution in [0, 0.1) is 5.92 Å². The summed E-state index contributed by atoms with van der Waals surface area (Å²) in [5.74, 6) is 0.298. The minimum atomic E-state index is -0.385. The molecule has 5 nitrogen and oxygen atoms in total. The summed E-state index contributed by atoms with van der Waals surface area (Å²) in [5.41, 5.74) is 5.02. The topological polar surface area (TPSA) is 66.3 Å². The molecule has 1 rings (SSSR count). The third-order valence-electron chi connectivity index (χ3n) is 1.76. The maximum Gasteiger partial charge on any atom is 0.305 e. The van der Waals surface area contributed by atoms with Crippen LogP contribution in [0.3, 0.4) is 0 Å². The zero-order valence-corrected chi connectivity index (χ0v) is 11.9. The Morgan fingerprint density at radius 2 is 2.18 bits per heavy atom. The van der Waals surface area contributed by atoms with E-state index in [2.05, 4.69) is 45.9 Å². The third-order valence-corrected chi connectivity index (χ3v) is 2.43. The van der Waals surface area contributed by atoms with E-state index >= 15 is 0 Å². The van der Waals surface area contributed by atoms with Crippen LogP contribution in [-0.2, 0) is 0 Å². The van der Waals surface area contributed by atoms with E-state index in [1.54, 1.807) is 12.1 Å². The number of carbonyl (C=O) groups excluding carboxylic acids is 1. The summed E-state index contributed by atoms with van der Waals surface area (Å²) in [6.45, 7) is 4.87. The molecule has 0 aliphatic carbocycles. The van der Waals surface area contributed by atoms with Gasteiger partial charge in [-0.15, -0.1) is 0 Å². The van der Waals surface area contributed by atoms with Crippen molar-refractivity contribution in [2.24, 2.45) is 5.92 Å². The molecule has 0 saturated carbocycles. The Kier molecular flexibility index (Phi) is 5.43. The summed E-state index contributed by atoms with van der Waals surface area (Å²) >= 11 is 8.09. The highest BCUT2D eigenvalue weighted by Crippen LogP contribution is 2.13. The van der Waals surface area contributed by atoms with E-state index in [0.29, 0.717) is 15.7 Å². The van der Waals surface area contributed by atoms with Gasteiger partial charge in [-0.05, 0) is 46.2 Å².